The number of pyridine rings is 1. The molecule has 1 aliphatic rings. The highest BCUT2D eigenvalue weighted by Crippen LogP contribution is 2.36. The number of nitrogens with one attached hydrogen (secondary N) is 1. The number of nitrogens with zero attached hydrogens (tertiary/aromatic N) is 4. The number of imidazole rings is 1. The molecule has 1 fully saturated rings. The predicted octanol–water partition coefficient (Wildman–Crippen LogP) is 3.27. The molecule has 3 heterocycles. The minimum absolute atomic E-state index is 0.125. The van der Waals surface area contributed by atoms with Crippen molar-refractivity contribution in [2.24, 2.45) is 5.92 Å². The first kappa shape index (κ1) is 23.3. The van der Waals surface area contributed by atoms with Gasteiger partial charge in [-0.25, -0.2) is 17.9 Å². The molecule has 1 saturated carbocycles. The molecule has 0 atom stereocenters. The Bertz CT molecular complexity index is 1610. The summed E-state index contributed by atoms with van der Waals surface area (Å²) in [6, 6.07) is 9.48. The van der Waals surface area contributed by atoms with Crippen LogP contribution >= 0.6 is 0 Å². The summed E-state index contributed by atoms with van der Waals surface area (Å²) in [4.78, 5) is 31.1. The van der Waals surface area contributed by atoms with Crippen molar-refractivity contribution in [2.75, 3.05) is 6.26 Å². The van der Waals surface area contributed by atoms with Crippen molar-refractivity contribution in [3.63, 3.8) is 0 Å². The number of hydrogen-bond donors (Lipinski definition) is 1. The van der Waals surface area contributed by atoms with Gasteiger partial charge in [0.15, 0.2) is 0 Å². The number of para-hydroxylation sites is 1. The highest BCUT2D eigenvalue weighted by molar-refractivity contribution is 7.89. The Morgan fingerprint density at radius 2 is 1.86 bits per heavy atom. The molecule has 1 aromatic carbocycles. The third-order valence-electron chi connectivity index (χ3n) is 6.50. The summed E-state index contributed by atoms with van der Waals surface area (Å²) in [7, 11) is -3.78. The fraction of sp³-hybridized carbons (Fsp3) is 0.400. The van der Waals surface area contributed by atoms with Crippen LogP contribution in [-0.4, -0.2) is 39.3 Å². The van der Waals surface area contributed by atoms with E-state index in [4.69, 9.17) is 0 Å². The maximum absolute atomic E-state index is 13.6. The van der Waals surface area contributed by atoms with Gasteiger partial charge in [0.05, 0.1) is 41.3 Å². The second kappa shape index (κ2) is 8.67. The summed E-state index contributed by atoms with van der Waals surface area (Å²) in [6.07, 6.45) is 7.08. The van der Waals surface area contributed by atoms with Gasteiger partial charge in [0, 0.05) is 29.7 Å². The van der Waals surface area contributed by atoms with Gasteiger partial charge in [0.2, 0.25) is 10.0 Å². The van der Waals surface area contributed by atoms with Gasteiger partial charge >= 0.3 is 5.69 Å². The van der Waals surface area contributed by atoms with E-state index in [0.717, 1.165) is 36.6 Å². The monoisotopic (exact) mass is 495 g/mol. The van der Waals surface area contributed by atoms with E-state index >= 15 is 0 Å². The van der Waals surface area contributed by atoms with Crippen LogP contribution in [-0.2, 0) is 23.1 Å². The van der Waals surface area contributed by atoms with Gasteiger partial charge in [-0.3, -0.25) is 18.9 Å². The Kier molecular flexibility index (Phi) is 5.79. The molecule has 0 bridgehead atoms. The van der Waals surface area contributed by atoms with Crippen molar-refractivity contribution in [3.8, 4) is 0 Å². The van der Waals surface area contributed by atoms with E-state index in [1.807, 2.05) is 34.9 Å². The van der Waals surface area contributed by atoms with Crippen molar-refractivity contribution in [3.05, 3.63) is 64.5 Å². The molecular formula is C25H29N5O4S. The second-order valence-electron chi connectivity index (χ2n) is 9.71. The molecule has 35 heavy (non-hydrogen) atoms. The van der Waals surface area contributed by atoms with Crippen LogP contribution < -0.4 is 10.4 Å². The van der Waals surface area contributed by atoms with Crippen LogP contribution in [0, 0.1) is 5.92 Å². The van der Waals surface area contributed by atoms with Crippen molar-refractivity contribution < 1.29 is 13.2 Å². The SMILES string of the molecule is CC(C)CCn1c(Cn2c(=O)n(C3CC3)c3ccncc32)c(C(=O)NS(C)(=O)=O)c2ccccc21. The van der Waals surface area contributed by atoms with E-state index in [1.165, 1.54) is 0 Å². The Labute approximate surface area is 203 Å². The number of fused-ring (bicyclic) bond motifs is 2. The number of aryl methyl sites for hydroxylation is 1. The van der Waals surface area contributed by atoms with E-state index < -0.39 is 15.9 Å². The maximum atomic E-state index is 13.6. The molecule has 0 saturated heterocycles. The molecule has 0 spiro atoms. The average Bonchev–Trinajstić information content (AvgIpc) is 3.51. The van der Waals surface area contributed by atoms with Gasteiger partial charge in [-0.15, -0.1) is 0 Å². The number of amides is 1. The molecule has 10 heteroatoms. The van der Waals surface area contributed by atoms with Crippen molar-refractivity contribution in [1.29, 1.82) is 0 Å². The zero-order valence-electron chi connectivity index (χ0n) is 20.1. The largest absolute Gasteiger partial charge is 0.342 e. The number of rotatable bonds is 8. The van der Waals surface area contributed by atoms with Gasteiger partial charge < -0.3 is 4.57 Å². The number of sulfonamides is 1. The van der Waals surface area contributed by atoms with Gasteiger partial charge in [-0.05, 0) is 37.3 Å². The number of carbonyl (C=O) groups is 1. The molecule has 4 aromatic rings. The van der Waals surface area contributed by atoms with E-state index in [9.17, 15) is 18.0 Å². The lowest BCUT2D eigenvalue weighted by Crippen LogP contribution is -2.31. The topological polar surface area (TPSA) is 108 Å². The third kappa shape index (κ3) is 4.38. The Morgan fingerprint density at radius 3 is 2.54 bits per heavy atom. The average molecular weight is 496 g/mol. The van der Waals surface area contributed by atoms with Crippen LogP contribution in [0.4, 0.5) is 0 Å². The van der Waals surface area contributed by atoms with Crippen molar-refractivity contribution in [1.82, 2.24) is 23.4 Å². The van der Waals surface area contributed by atoms with Crippen LogP contribution in [0.1, 0.15) is 55.2 Å². The Balaban J connectivity index is 1.75. The van der Waals surface area contributed by atoms with Gasteiger partial charge in [-0.1, -0.05) is 32.0 Å². The Morgan fingerprint density at radius 1 is 1.11 bits per heavy atom. The number of benzene rings is 1. The van der Waals surface area contributed by atoms with Crippen LogP contribution in [0.2, 0.25) is 0 Å². The molecule has 3 aromatic heterocycles. The lowest BCUT2D eigenvalue weighted by molar-refractivity contribution is 0.0982. The fourth-order valence-electron chi connectivity index (χ4n) is 4.75. The summed E-state index contributed by atoms with van der Waals surface area (Å²) in [5.41, 5.74) is 3.08. The summed E-state index contributed by atoms with van der Waals surface area (Å²) >= 11 is 0. The van der Waals surface area contributed by atoms with Gasteiger partial charge in [0.1, 0.15) is 0 Å². The lowest BCUT2D eigenvalue weighted by atomic mass is 10.1. The van der Waals surface area contributed by atoms with Crippen molar-refractivity contribution in [2.45, 2.75) is 52.2 Å². The first-order valence-electron chi connectivity index (χ1n) is 11.8. The molecule has 1 aliphatic carbocycles. The lowest BCUT2D eigenvalue weighted by Gasteiger charge is -2.14. The van der Waals surface area contributed by atoms with E-state index in [1.54, 1.807) is 17.0 Å². The molecule has 0 unspecified atom stereocenters. The smallest absolute Gasteiger partial charge is 0.329 e. The summed E-state index contributed by atoms with van der Waals surface area (Å²) in [6.45, 7) is 5.01. The van der Waals surface area contributed by atoms with E-state index in [2.05, 4.69) is 28.1 Å². The summed E-state index contributed by atoms with van der Waals surface area (Å²) in [5, 5.41) is 0.657. The fourth-order valence-corrected chi connectivity index (χ4v) is 5.19. The Hall–Kier alpha value is -3.40. The molecule has 1 N–H and O–H groups in total. The van der Waals surface area contributed by atoms with Crippen LogP contribution in [0.3, 0.4) is 0 Å². The van der Waals surface area contributed by atoms with Crippen molar-refractivity contribution >= 4 is 37.9 Å². The minimum Gasteiger partial charge on any atom is -0.342 e. The number of aromatic nitrogens is 4. The molecule has 9 nitrogen and oxygen atoms in total. The normalized spacial score (nSPS) is 14.3. The first-order chi connectivity index (χ1) is 16.7. The standard InChI is InChI=1S/C25H29N5O4S/c1-16(2)11-13-28-19-7-5-4-6-18(19)23(24(31)27-35(3,33)34)22(28)15-29-21-14-26-12-10-20(21)30(25(29)32)17-8-9-17/h4-7,10,12,14,16-17H,8-9,11,13,15H2,1-3H3,(H,27,31). The van der Waals surface area contributed by atoms with Crippen LogP contribution in [0.5, 0.6) is 0 Å². The quantitative estimate of drug-likeness (QED) is 0.404. The highest BCUT2D eigenvalue weighted by Gasteiger charge is 2.30. The summed E-state index contributed by atoms with van der Waals surface area (Å²) in [5.74, 6) is -0.278. The first-order valence-corrected chi connectivity index (χ1v) is 13.7. The zero-order chi connectivity index (χ0) is 24.9. The molecule has 1 amide bonds. The zero-order valence-corrected chi connectivity index (χ0v) is 20.9. The third-order valence-corrected chi connectivity index (χ3v) is 7.05. The highest BCUT2D eigenvalue weighted by atomic mass is 32.2. The molecular weight excluding hydrogens is 466 g/mol. The molecule has 0 aliphatic heterocycles. The predicted molar refractivity (Wildman–Crippen MR) is 135 cm³/mol. The second-order valence-corrected chi connectivity index (χ2v) is 11.5. The molecule has 0 radical (unpaired) electrons. The maximum Gasteiger partial charge on any atom is 0.329 e. The van der Waals surface area contributed by atoms with E-state index in [-0.39, 0.29) is 23.8 Å². The van der Waals surface area contributed by atoms with Crippen LogP contribution in [0.25, 0.3) is 21.9 Å². The van der Waals surface area contributed by atoms with Crippen LogP contribution in [0.15, 0.2) is 47.5 Å². The number of hydrogen-bond acceptors (Lipinski definition) is 5. The number of carbonyl (C=O) groups excluding carboxylic acids is 1. The molecule has 184 valence electrons. The minimum atomic E-state index is -3.78. The summed E-state index contributed by atoms with van der Waals surface area (Å²) < 4.78 is 31.6. The van der Waals surface area contributed by atoms with E-state index in [0.29, 0.717) is 29.1 Å². The van der Waals surface area contributed by atoms with Gasteiger partial charge in [0.25, 0.3) is 5.91 Å². The van der Waals surface area contributed by atoms with Gasteiger partial charge in [-0.2, -0.15) is 0 Å². The molecule has 5 rings (SSSR count).